The van der Waals surface area contributed by atoms with Crippen molar-refractivity contribution in [3.63, 3.8) is 0 Å². The Labute approximate surface area is 207 Å². The summed E-state index contributed by atoms with van der Waals surface area (Å²) < 4.78 is 43.2. The zero-order valence-electron chi connectivity index (χ0n) is 20.5. The molecule has 3 aliphatic rings. The minimum Gasteiger partial charge on any atom is -0.486 e. The first-order chi connectivity index (χ1) is 16.8. The van der Waals surface area contributed by atoms with Gasteiger partial charge in [-0.05, 0) is 55.6 Å². The van der Waals surface area contributed by atoms with Gasteiger partial charge in [0.1, 0.15) is 16.7 Å². The molecule has 3 aliphatic heterocycles. The molecule has 1 aromatic carbocycles. The number of rotatable bonds is 3. The average molecular weight is 505 g/mol. The number of hydrogen-bond donors (Lipinski definition) is 2. The molecule has 2 saturated heterocycles. The third kappa shape index (κ3) is 5.42. The highest BCUT2D eigenvalue weighted by Gasteiger charge is 2.39. The van der Waals surface area contributed by atoms with Crippen LogP contribution in [0.4, 0.5) is 0 Å². The van der Waals surface area contributed by atoms with Crippen LogP contribution in [0.15, 0.2) is 41.4 Å². The number of β-amino-alcohol motifs (C(OH)–C–C–N with tert-alkyl or cyclic N) is 1. The topological polar surface area (TPSA) is 96.3 Å². The predicted octanol–water partition coefficient (Wildman–Crippen LogP) is 1.14. The zero-order valence-corrected chi connectivity index (χ0v) is 21.3. The highest BCUT2D eigenvalue weighted by Crippen LogP contribution is 2.35. The Kier molecular flexibility index (Phi) is 7.20. The molecule has 5 rings (SSSR count). The second kappa shape index (κ2) is 10.2. The number of aryl methyl sites for hydroxylation is 1. The third-order valence-corrected chi connectivity index (χ3v) is 9.01. The van der Waals surface area contributed by atoms with Crippen molar-refractivity contribution in [2.75, 3.05) is 46.4 Å². The van der Waals surface area contributed by atoms with E-state index in [9.17, 15) is 13.5 Å². The Morgan fingerprint density at radius 1 is 1.11 bits per heavy atom. The van der Waals surface area contributed by atoms with Crippen LogP contribution in [0.2, 0.25) is 0 Å². The van der Waals surface area contributed by atoms with Crippen molar-refractivity contribution in [2.24, 2.45) is 7.05 Å². The third-order valence-electron chi connectivity index (χ3n) is 7.55. The molecule has 1 aromatic heterocycles. The average Bonchev–Trinajstić information content (AvgIpc) is 3.43. The molecule has 192 valence electrons. The molecule has 4 heterocycles. The molecule has 35 heavy (non-hydrogen) atoms. The number of likely N-dealkylation sites (N-methyl/N-ethyl adjacent to an activating group) is 1. The van der Waals surface area contributed by atoms with Crippen LogP contribution in [0.3, 0.4) is 0 Å². The summed E-state index contributed by atoms with van der Waals surface area (Å²) in [4.78, 5) is 4.57. The van der Waals surface area contributed by atoms with Gasteiger partial charge < -0.3 is 19.1 Å². The number of nitrogens with one attached hydrogen (secondary N) is 1. The quantitative estimate of drug-likeness (QED) is 0.647. The van der Waals surface area contributed by atoms with Crippen LogP contribution in [0.25, 0.3) is 0 Å². The lowest BCUT2D eigenvalue weighted by Gasteiger charge is -2.30. The van der Waals surface area contributed by atoms with E-state index in [0.29, 0.717) is 38.0 Å². The fourth-order valence-electron chi connectivity index (χ4n) is 5.49. The molecule has 2 N–H and O–H groups in total. The van der Waals surface area contributed by atoms with Gasteiger partial charge in [0.05, 0.1) is 12.1 Å². The number of hydrogen-bond acceptors (Lipinski definition) is 7. The summed E-state index contributed by atoms with van der Waals surface area (Å²) in [6.45, 7) is 3.96. The van der Waals surface area contributed by atoms with Crippen LogP contribution in [-0.2, 0) is 28.4 Å². The monoisotopic (exact) mass is 504 g/mol. The maximum absolute atomic E-state index is 13.2. The first-order valence-electron chi connectivity index (χ1n) is 12.4. The fourth-order valence-corrected chi connectivity index (χ4v) is 6.68. The second-order valence-electron chi connectivity index (χ2n) is 10.1. The summed E-state index contributed by atoms with van der Waals surface area (Å²) >= 11 is 0. The Hall–Kier alpha value is -1.95. The van der Waals surface area contributed by atoms with Crippen molar-refractivity contribution in [1.82, 2.24) is 19.1 Å². The Bertz CT molecular complexity index is 1130. The molecule has 0 spiro atoms. The van der Waals surface area contributed by atoms with Crippen molar-refractivity contribution in [3.05, 3.63) is 47.8 Å². The number of aromatic nitrogens is 1. The lowest BCUT2D eigenvalue weighted by Crippen LogP contribution is -2.47. The molecular formula is C25H36N4O5S. The summed E-state index contributed by atoms with van der Waals surface area (Å²) in [5, 5.41) is 10.6. The highest BCUT2D eigenvalue weighted by atomic mass is 32.2. The van der Waals surface area contributed by atoms with Crippen molar-refractivity contribution < 1.29 is 23.0 Å². The van der Waals surface area contributed by atoms with E-state index in [2.05, 4.69) is 25.2 Å². The van der Waals surface area contributed by atoms with Gasteiger partial charge in [-0.25, -0.2) is 13.1 Å². The van der Waals surface area contributed by atoms with Gasteiger partial charge in [0.2, 0.25) is 10.0 Å². The summed E-state index contributed by atoms with van der Waals surface area (Å²) in [5.41, 5.74) is 2.29. The standard InChI is InChI=1S/C25H36N4O5S/c1-27-9-3-4-20(27)14-29-16-22-24(17-29)34-23-12-19(18-7-10-33-11-8-18)5-6-25(23)35(31,32)26-13-21(30)15-28(22)2/h3-6,9,12,18,21-22,24,26,30H,7-8,10-11,13-17H2,1-2H3/t21-,22+,24-/m0/s1. The Balaban J connectivity index is 1.48. The second-order valence-corrected chi connectivity index (χ2v) is 11.8. The van der Waals surface area contributed by atoms with E-state index in [1.54, 1.807) is 6.07 Å². The van der Waals surface area contributed by atoms with E-state index in [0.717, 1.165) is 31.5 Å². The summed E-state index contributed by atoms with van der Waals surface area (Å²) in [6.07, 6.45) is 2.81. The van der Waals surface area contributed by atoms with Crippen LogP contribution in [0.1, 0.15) is 30.0 Å². The van der Waals surface area contributed by atoms with Crippen molar-refractivity contribution in [1.29, 1.82) is 0 Å². The van der Waals surface area contributed by atoms with E-state index < -0.39 is 16.1 Å². The summed E-state index contributed by atoms with van der Waals surface area (Å²) in [5.74, 6) is 0.714. The van der Waals surface area contributed by atoms with Gasteiger partial charge in [0, 0.05) is 64.9 Å². The van der Waals surface area contributed by atoms with E-state index in [1.807, 2.05) is 38.5 Å². The van der Waals surface area contributed by atoms with Crippen LogP contribution < -0.4 is 9.46 Å². The maximum atomic E-state index is 13.2. The Morgan fingerprint density at radius 2 is 1.91 bits per heavy atom. The smallest absolute Gasteiger partial charge is 0.244 e. The zero-order chi connectivity index (χ0) is 24.6. The van der Waals surface area contributed by atoms with Gasteiger partial charge in [0.25, 0.3) is 0 Å². The van der Waals surface area contributed by atoms with Gasteiger partial charge in [-0.3, -0.25) is 9.80 Å². The molecule has 0 amide bonds. The Morgan fingerprint density at radius 3 is 2.66 bits per heavy atom. The molecule has 0 bridgehead atoms. The van der Waals surface area contributed by atoms with E-state index >= 15 is 0 Å². The van der Waals surface area contributed by atoms with Crippen LogP contribution in [-0.4, -0.2) is 92.6 Å². The van der Waals surface area contributed by atoms with Crippen molar-refractivity contribution in [2.45, 2.75) is 48.4 Å². The van der Waals surface area contributed by atoms with Gasteiger partial charge >= 0.3 is 0 Å². The van der Waals surface area contributed by atoms with E-state index in [1.165, 1.54) is 5.69 Å². The van der Waals surface area contributed by atoms with Gasteiger partial charge in [-0.15, -0.1) is 0 Å². The number of fused-ring (bicyclic) bond motifs is 2. The molecule has 0 unspecified atom stereocenters. The lowest BCUT2D eigenvalue weighted by atomic mass is 9.92. The predicted molar refractivity (Wildman–Crippen MR) is 132 cm³/mol. The largest absolute Gasteiger partial charge is 0.486 e. The molecule has 9 nitrogen and oxygen atoms in total. The first kappa shape index (κ1) is 24.7. The molecule has 0 aliphatic carbocycles. The molecule has 3 atom stereocenters. The van der Waals surface area contributed by atoms with Crippen LogP contribution in [0, 0.1) is 0 Å². The summed E-state index contributed by atoms with van der Waals surface area (Å²) in [7, 11) is 0.174. The van der Waals surface area contributed by atoms with Gasteiger partial charge in [0.15, 0.2) is 0 Å². The molecule has 0 saturated carbocycles. The number of nitrogens with zero attached hydrogens (tertiary/aromatic N) is 3. The minimum absolute atomic E-state index is 0.0188. The molecule has 2 aromatic rings. The maximum Gasteiger partial charge on any atom is 0.244 e. The SMILES string of the molecule is CN1C[C@@H](O)CNS(=O)(=O)c2ccc(C3CCOCC3)cc2O[C@H]2CN(Cc3cccn3C)C[C@H]21. The van der Waals surface area contributed by atoms with Gasteiger partial charge in [-0.1, -0.05) is 6.07 Å². The number of sulfonamides is 1. The number of aliphatic hydroxyl groups is 1. The molecule has 0 radical (unpaired) electrons. The van der Waals surface area contributed by atoms with Crippen LogP contribution in [0.5, 0.6) is 5.75 Å². The van der Waals surface area contributed by atoms with Crippen molar-refractivity contribution in [3.8, 4) is 5.75 Å². The number of benzene rings is 1. The number of likely N-dealkylation sites (tertiary alicyclic amines) is 1. The number of aliphatic hydroxyl groups excluding tert-OH is 1. The normalized spacial score (nSPS) is 28.6. The first-order valence-corrected chi connectivity index (χ1v) is 13.9. The van der Waals surface area contributed by atoms with Crippen LogP contribution >= 0.6 is 0 Å². The van der Waals surface area contributed by atoms with Gasteiger partial charge in [-0.2, -0.15) is 0 Å². The summed E-state index contributed by atoms with van der Waals surface area (Å²) in [6, 6.07) is 9.64. The number of ether oxygens (including phenoxy) is 2. The molecular weight excluding hydrogens is 468 g/mol. The molecule has 10 heteroatoms. The van der Waals surface area contributed by atoms with E-state index in [4.69, 9.17) is 9.47 Å². The fraction of sp³-hybridized carbons (Fsp3) is 0.600. The highest BCUT2D eigenvalue weighted by molar-refractivity contribution is 7.89. The minimum atomic E-state index is -3.84. The van der Waals surface area contributed by atoms with E-state index in [-0.39, 0.29) is 23.6 Å². The lowest BCUT2D eigenvalue weighted by molar-refractivity contribution is 0.0709. The van der Waals surface area contributed by atoms with Crippen molar-refractivity contribution >= 4 is 10.0 Å². The molecule has 2 fully saturated rings.